The molecule has 0 aliphatic carbocycles. The average Bonchev–Trinajstić information content (AvgIpc) is 3.06. The standard InChI is InChI=1S/C20H24N4O3S/c1-14-7-8-16(13-15(14)2)28(26,27)22-12-10-20(25)21-11-9-19-23-17-5-3-4-6-18(17)24-19/h3-8,13,22H,9-12H2,1-2H3,(H,21,25)(H,23,24). The summed E-state index contributed by atoms with van der Waals surface area (Å²) in [6.45, 7) is 4.27. The Morgan fingerprint density at radius 3 is 2.61 bits per heavy atom. The fourth-order valence-corrected chi connectivity index (χ4v) is 3.91. The number of carbonyl (C=O) groups excluding carboxylic acids is 1. The molecule has 1 aromatic heterocycles. The fourth-order valence-electron chi connectivity index (χ4n) is 2.80. The molecule has 3 aromatic rings. The zero-order valence-corrected chi connectivity index (χ0v) is 16.8. The summed E-state index contributed by atoms with van der Waals surface area (Å²) < 4.78 is 27.1. The molecule has 1 heterocycles. The van der Waals surface area contributed by atoms with Crippen molar-refractivity contribution in [3.63, 3.8) is 0 Å². The van der Waals surface area contributed by atoms with Crippen LogP contribution < -0.4 is 10.0 Å². The maximum atomic E-state index is 12.3. The third kappa shape index (κ3) is 4.96. The second-order valence-electron chi connectivity index (χ2n) is 6.69. The summed E-state index contributed by atoms with van der Waals surface area (Å²) in [5.41, 5.74) is 3.79. The van der Waals surface area contributed by atoms with Gasteiger partial charge in [0.25, 0.3) is 0 Å². The van der Waals surface area contributed by atoms with E-state index in [-0.39, 0.29) is 23.8 Å². The first-order valence-corrected chi connectivity index (χ1v) is 10.6. The van der Waals surface area contributed by atoms with Crippen molar-refractivity contribution in [1.82, 2.24) is 20.0 Å². The molecule has 0 atom stereocenters. The first kappa shape index (κ1) is 20.0. The lowest BCUT2D eigenvalue weighted by Crippen LogP contribution is -2.31. The highest BCUT2D eigenvalue weighted by Gasteiger charge is 2.14. The van der Waals surface area contributed by atoms with E-state index in [1.54, 1.807) is 18.2 Å². The Kier molecular flexibility index (Phi) is 6.11. The van der Waals surface area contributed by atoms with E-state index in [1.807, 2.05) is 38.1 Å². The Labute approximate surface area is 164 Å². The molecule has 0 aliphatic heterocycles. The van der Waals surface area contributed by atoms with Gasteiger partial charge in [-0.15, -0.1) is 0 Å². The molecular formula is C20H24N4O3S. The normalized spacial score (nSPS) is 11.6. The topological polar surface area (TPSA) is 104 Å². The fraction of sp³-hybridized carbons (Fsp3) is 0.300. The number of hydrogen-bond acceptors (Lipinski definition) is 4. The summed E-state index contributed by atoms with van der Waals surface area (Å²) in [4.78, 5) is 19.8. The van der Waals surface area contributed by atoms with Crippen LogP contribution in [0.4, 0.5) is 0 Å². The number of para-hydroxylation sites is 2. The molecule has 1 amide bonds. The van der Waals surface area contributed by atoms with Crippen molar-refractivity contribution in [3.05, 3.63) is 59.4 Å². The number of nitrogens with zero attached hydrogens (tertiary/aromatic N) is 1. The molecule has 3 rings (SSSR count). The van der Waals surface area contributed by atoms with Crippen LogP contribution in [-0.2, 0) is 21.2 Å². The van der Waals surface area contributed by atoms with Crippen molar-refractivity contribution in [2.75, 3.05) is 13.1 Å². The third-order valence-electron chi connectivity index (χ3n) is 4.56. The van der Waals surface area contributed by atoms with Gasteiger partial charge in [-0.3, -0.25) is 4.79 Å². The smallest absolute Gasteiger partial charge is 0.240 e. The van der Waals surface area contributed by atoms with E-state index in [9.17, 15) is 13.2 Å². The van der Waals surface area contributed by atoms with E-state index in [0.717, 1.165) is 28.0 Å². The highest BCUT2D eigenvalue weighted by atomic mass is 32.2. The molecule has 7 nitrogen and oxygen atoms in total. The summed E-state index contributed by atoms with van der Waals surface area (Å²) in [7, 11) is -3.62. The summed E-state index contributed by atoms with van der Waals surface area (Å²) >= 11 is 0. The molecule has 0 spiro atoms. The number of aromatic nitrogens is 2. The SMILES string of the molecule is Cc1ccc(S(=O)(=O)NCCC(=O)NCCc2nc3ccccc3[nH]2)cc1C. The molecule has 0 saturated carbocycles. The van der Waals surface area contributed by atoms with Crippen LogP contribution in [0, 0.1) is 13.8 Å². The molecule has 0 fully saturated rings. The number of aromatic amines is 1. The van der Waals surface area contributed by atoms with E-state index >= 15 is 0 Å². The minimum atomic E-state index is -3.62. The molecule has 3 N–H and O–H groups in total. The Morgan fingerprint density at radius 1 is 1.07 bits per heavy atom. The van der Waals surface area contributed by atoms with Crippen LogP contribution in [0.3, 0.4) is 0 Å². The minimum Gasteiger partial charge on any atom is -0.356 e. The Bertz CT molecular complexity index is 1060. The van der Waals surface area contributed by atoms with E-state index in [4.69, 9.17) is 0 Å². The summed E-state index contributed by atoms with van der Waals surface area (Å²) in [5.74, 6) is 0.593. The van der Waals surface area contributed by atoms with Crippen molar-refractivity contribution in [2.45, 2.75) is 31.6 Å². The van der Waals surface area contributed by atoms with Gasteiger partial charge in [0.1, 0.15) is 5.82 Å². The highest BCUT2D eigenvalue weighted by Crippen LogP contribution is 2.14. The largest absolute Gasteiger partial charge is 0.356 e. The van der Waals surface area contributed by atoms with Gasteiger partial charge in [-0.2, -0.15) is 0 Å². The number of rotatable bonds is 8. The predicted molar refractivity (Wildman–Crippen MR) is 109 cm³/mol. The van der Waals surface area contributed by atoms with Gasteiger partial charge < -0.3 is 10.3 Å². The predicted octanol–water partition coefficient (Wildman–Crippen LogP) is 2.21. The quantitative estimate of drug-likeness (QED) is 0.539. The number of imidazole rings is 1. The number of carbonyl (C=O) groups is 1. The number of H-pyrrole nitrogens is 1. The molecule has 2 aromatic carbocycles. The van der Waals surface area contributed by atoms with Crippen molar-refractivity contribution in [3.8, 4) is 0 Å². The highest BCUT2D eigenvalue weighted by molar-refractivity contribution is 7.89. The van der Waals surface area contributed by atoms with Crippen LogP contribution in [0.1, 0.15) is 23.4 Å². The number of nitrogens with one attached hydrogen (secondary N) is 3. The monoisotopic (exact) mass is 400 g/mol. The first-order valence-electron chi connectivity index (χ1n) is 9.12. The van der Waals surface area contributed by atoms with E-state index in [1.165, 1.54) is 0 Å². The van der Waals surface area contributed by atoms with Gasteiger partial charge in [-0.1, -0.05) is 18.2 Å². The van der Waals surface area contributed by atoms with E-state index in [0.29, 0.717) is 13.0 Å². The van der Waals surface area contributed by atoms with Crippen molar-refractivity contribution < 1.29 is 13.2 Å². The summed E-state index contributed by atoms with van der Waals surface area (Å²) in [6, 6.07) is 12.7. The lowest BCUT2D eigenvalue weighted by molar-refractivity contribution is -0.120. The average molecular weight is 401 g/mol. The maximum absolute atomic E-state index is 12.3. The molecule has 148 valence electrons. The second kappa shape index (κ2) is 8.53. The number of sulfonamides is 1. The van der Waals surface area contributed by atoms with Crippen LogP contribution in [0.25, 0.3) is 11.0 Å². The van der Waals surface area contributed by atoms with Gasteiger partial charge in [0.2, 0.25) is 15.9 Å². The van der Waals surface area contributed by atoms with Crippen molar-refractivity contribution in [1.29, 1.82) is 0 Å². The number of amides is 1. The van der Waals surface area contributed by atoms with Gasteiger partial charge >= 0.3 is 0 Å². The second-order valence-corrected chi connectivity index (χ2v) is 8.46. The molecule has 0 unspecified atom stereocenters. The Morgan fingerprint density at radius 2 is 1.86 bits per heavy atom. The van der Waals surface area contributed by atoms with Gasteiger partial charge in [-0.05, 0) is 49.2 Å². The van der Waals surface area contributed by atoms with Crippen LogP contribution >= 0.6 is 0 Å². The molecule has 0 bridgehead atoms. The first-order chi connectivity index (χ1) is 13.3. The van der Waals surface area contributed by atoms with Crippen LogP contribution in [0.5, 0.6) is 0 Å². The van der Waals surface area contributed by atoms with Crippen molar-refractivity contribution in [2.24, 2.45) is 0 Å². The lowest BCUT2D eigenvalue weighted by atomic mass is 10.1. The van der Waals surface area contributed by atoms with Crippen LogP contribution in [0.15, 0.2) is 47.4 Å². The zero-order chi connectivity index (χ0) is 20.1. The third-order valence-corrected chi connectivity index (χ3v) is 6.01. The van der Waals surface area contributed by atoms with E-state index in [2.05, 4.69) is 20.0 Å². The van der Waals surface area contributed by atoms with Crippen LogP contribution in [-0.4, -0.2) is 37.4 Å². The van der Waals surface area contributed by atoms with Gasteiger partial charge in [0.15, 0.2) is 0 Å². The molecular weight excluding hydrogens is 376 g/mol. The molecule has 0 saturated heterocycles. The van der Waals surface area contributed by atoms with Gasteiger partial charge in [0.05, 0.1) is 15.9 Å². The number of fused-ring (bicyclic) bond motifs is 1. The van der Waals surface area contributed by atoms with Gasteiger partial charge in [-0.25, -0.2) is 18.1 Å². The summed E-state index contributed by atoms with van der Waals surface area (Å²) in [6.07, 6.45) is 0.652. The molecule has 28 heavy (non-hydrogen) atoms. The minimum absolute atomic E-state index is 0.0473. The van der Waals surface area contributed by atoms with E-state index < -0.39 is 10.0 Å². The summed E-state index contributed by atoms with van der Waals surface area (Å²) in [5, 5.41) is 2.78. The maximum Gasteiger partial charge on any atom is 0.240 e. The Hall–Kier alpha value is -2.71. The number of benzene rings is 2. The number of hydrogen-bond donors (Lipinski definition) is 3. The van der Waals surface area contributed by atoms with Gasteiger partial charge in [0, 0.05) is 25.9 Å². The zero-order valence-electron chi connectivity index (χ0n) is 16.0. The molecule has 0 radical (unpaired) electrons. The molecule has 8 heteroatoms. The van der Waals surface area contributed by atoms with Crippen molar-refractivity contribution >= 4 is 27.0 Å². The Balaban J connectivity index is 1.43. The molecule has 0 aliphatic rings. The number of aryl methyl sites for hydroxylation is 2. The lowest BCUT2D eigenvalue weighted by Gasteiger charge is -2.09. The van der Waals surface area contributed by atoms with Crippen LogP contribution in [0.2, 0.25) is 0 Å².